The summed E-state index contributed by atoms with van der Waals surface area (Å²) in [7, 11) is -1.99. The first kappa shape index (κ1) is 31.0. The SMILES string of the molecule is CCOc1ccc(N(CCCC(=O)N(Cc2ccc(OC)cc2)[C@@H](C)C(=O)N[C@@H](C)CC)S(C)(=O)=O)cc1. The van der Waals surface area contributed by atoms with E-state index in [1.54, 1.807) is 43.2 Å². The molecule has 0 aliphatic heterocycles. The van der Waals surface area contributed by atoms with Gasteiger partial charge in [0.1, 0.15) is 17.5 Å². The summed E-state index contributed by atoms with van der Waals surface area (Å²) in [5, 5.41) is 2.95. The summed E-state index contributed by atoms with van der Waals surface area (Å²) in [5.74, 6) is 0.893. The van der Waals surface area contributed by atoms with Crippen molar-refractivity contribution in [2.24, 2.45) is 0 Å². The molecule has 0 fully saturated rings. The first-order valence-corrected chi connectivity index (χ1v) is 14.8. The van der Waals surface area contributed by atoms with Crippen LogP contribution >= 0.6 is 0 Å². The van der Waals surface area contributed by atoms with Crippen LogP contribution in [-0.4, -0.2) is 63.7 Å². The summed E-state index contributed by atoms with van der Waals surface area (Å²) in [4.78, 5) is 27.8. The molecule has 10 heteroatoms. The maximum absolute atomic E-state index is 13.4. The lowest BCUT2D eigenvalue weighted by molar-refractivity contribution is -0.140. The van der Waals surface area contributed by atoms with Gasteiger partial charge in [-0.1, -0.05) is 19.1 Å². The largest absolute Gasteiger partial charge is 0.497 e. The topological polar surface area (TPSA) is 105 Å². The van der Waals surface area contributed by atoms with Gasteiger partial charge in [-0.25, -0.2) is 8.42 Å². The summed E-state index contributed by atoms with van der Waals surface area (Å²) < 4.78 is 37.0. The summed E-state index contributed by atoms with van der Waals surface area (Å²) in [6.45, 7) is 8.37. The second kappa shape index (κ2) is 14.6. The number of benzene rings is 2. The van der Waals surface area contributed by atoms with Crippen molar-refractivity contribution >= 4 is 27.5 Å². The van der Waals surface area contributed by atoms with E-state index in [-0.39, 0.29) is 43.8 Å². The molecule has 0 spiro atoms. The Morgan fingerprint density at radius 1 is 0.974 bits per heavy atom. The predicted molar refractivity (Wildman–Crippen MR) is 150 cm³/mol. The lowest BCUT2D eigenvalue weighted by Crippen LogP contribution is -2.49. The van der Waals surface area contributed by atoms with Gasteiger partial charge in [-0.05, 0) is 75.6 Å². The molecule has 2 atom stereocenters. The van der Waals surface area contributed by atoms with E-state index in [0.717, 1.165) is 18.2 Å². The zero-order valence-electron chi connectivity index (χ0n) is 23.3. The Hall–Kier alpha value is -3.27. The fraction of sp³-hybridized carbons (Fsp3) is 0.500. The van der Waals surface area contributed by atoms with Crippen molar-refractivity contribution in [1.82, 2.24) is 10.2 Å². The predicted octanol–water partition coefficient (Wildman–Crippen LogP) is 3.97. The molecule has 0 heterocycles. The molecule has 0 radical (unpaired) electrons. The minimum Gasteiger partial charge on any atom is -0.497 e. The number of hydrogen-bond donors (Lipinski definition) is 1. The molecule has 0 aromatic heterocycles. The standard InChI is InChI=1S/C28H41N3O6S/c1-7-21(3)29-28(33)22(4)30(20-23-11-15-25(36-5)16-12-23)27(32)10-9-19-31(38(6,34)35)24-13-17-26(18-14-24)37-8-2/h11-18,21-22H,7-10,19-20H2,1-6H3,(H,29,33)/t21-,22-/m0/s1. The number of methoxy groups -OCH3 is 1. The number of hydrogen-bond acceptors (Lipinski definition) is 6. The number of nitrogens with one attached hydrogen (secondary N) is 1. The van der Waals surface area contributed by atoms with Crippen LogP contribution in [0.3, 0.4) is 0 Å². The van der Waals surface area contributed by atoms with Crippen molar-refractivity contribution < 1.29 is 27.5 Å². The molecule has 9 nitrogen and oxygen atoms in total. The highest BCUT2D eigenvalue weighted by atomic mass is 32.2. The highest BCUT2D eigenvalue weighted by Gasteiger charge is 2.27. The number of anilines is 1. The summed E-state index contributed by atoms with van der Waals surface area (Å²) in [6, 6.07) is 13.4. The molecule has 2 aromatic carbocycles. The molecule has 2 amide bonds. The number of carbonyl (C=O) groups is 2. The molecule has 0 unspecified atom stereocenters. The fourth-order valence-electron chi connectivity index (χ4n) is 3.85. The molecule has 2 rings (SSSR count). The van der Waals surface area contributed by atoms with Crippen LogP contribution in [0.4, 0.5) is 5.69 Å². The summed E-state index contributed by atoms with van der Waals surface area (Å²) >= 11 is 0. The average molecular weight is 548 g/mol. The van der Waals surface area contributed by atoms with E-state index in [4.69, 9.17) is 9.47 Å². The van der Waals surface area contributed by atoms with Gasteiger partial charge in [-0.3, -0.25) is 13.9 Å². The lowest BCUT2D eigenvalue weighted by Gasteiger charge is -2.30. The molecule has 0 aliphatic carbocycles. The molecule has 210 valence electrons. The van der Waals surface area contributed by atoms with Crippen molar-refractivity contribution in [3.05, 3.63) is 54.1 Å². The molecule has 38 heavy (non-hydrogen) atoms. The van der Waals surface area contributed by atoms with Crippen LogP contribution in [0.1, 0.15) is 52.5 Å². The number of ether oxygens (including phenoxy) is 2. The summed E-state index contributed by atoms with van der Waals surface area (Å²) in [6.07, 6.45) is 2.29. The van der Waals surface area contributed by atoms with Crippen LogP contribution in [0.2, 0.25) is 0 Å². The van der Waals surface area contributed by atoms with Gasteiger partial charge < -0.3 is 19.7 Å². The highest BCUT2D eigenvalue weighted by Crippen LogP contribution is 2.23. The van der Waals surface area contributed by atoms with Crippen LogP contribution < -0.4 is 19.1 Å². The fourth-order valence-corrected chi connectivity index (χ4v) is 4.82. The van der Waals surface area contributed by atoms with Crippen LogP contribution in [0.15, 0.2) is 48.5 Å². The van der Waals surface area contributed by atoms with E-state index in [1.807, 2.05) is 45.0 Å². The van der Waals surface area contributed by atoms with Crippen molar-refractivity contribution in [1.29, 1.82) is 0 Å². The van der Waals surface area contributed by atoms with Crippen molar-refractivity contribution in [3.8, 4) is 11.5 Å². The van der Waals surface area contributed by atoms with Crippen LogP contribution in [0.25, 0.3) is 0 Å². The monoisotopic (exact) mass is 547 g/mol. The summed E-state index contributed by atoms with van der Waals surface area (Å²) in [5.41, 5.74) is 1.36. The number of nitrogens with zero attached hydrogens (tertiary/aromatic N) is 2. The van der Waals surface area contributed by atoms with Crippen LogP contribution in [0.5, 0.6) is 11.5 Å². The molecule has 0 saturated carbocycles. The molecular formula is C28H41N3O6S. The second-order valence-corrected chi connectivity index (χ2v) is 11.1. The third-order valence-corrected chi connectivity index (χ3v) is 7.46. The Balaban J connectivity index is 2.16. The van der Waals surface area contributed by atoms with Crippen LogP contribution in [0, 0.1) is 0 Å². The van der Waals surface area contributed by atoms with E-state index >= 15 is 0 Å². The minimum atomic E-state index is -3.57. The Morgan fingerprint density at radius 3 is 2.11 bits per heavy atom. The molecule has 2 aromatic rings. The minimum absolute atomic E-state index is 0.0136. The molecular weight excluding hydrogens is 506 g/mol. The van der Waals surface area contributed by atoms with Crippen LogP contribution in [-0.2, 0) is 26.2 Å². The van der Waals surface area contributed by atoms with E-state index in [2.05, 4.69) is 5.32 Å². The Morgan fingerprint density at radius 2 is 1.58 bits per heavy atom. The van der Waals surface area contributed by atoms with Gasteiger partial charge in [0, 0.05) is 25.6 Å². The van der Waals surface area contributed by atoms with E-state index in [0.29, 0.717) is 23.8 Å². The first-order valence-electron chi connectivity index (χ1n) is 12.9. The Bertz CT molecular complexity index is 1140. The third kappa shape index (κ3) is 9.24. The number of sulfonamides is 1. The van der Waals surface area contributed by atoms with Gasteiger partial charge in [0.15, 0.2) is 0 Å². The number of amides is 2. The van der Waals surface area contributed by atoms with E-state index < -0.39 is 16.1 Å². The van der Waals surface area contributed by atoms with Crippen molar-refractivity contribution in [2.75, 3.05) is 30.8 Å². The van der Waals surface area contributed by atoms with E-state index in [9.17, 15) is 18.0 Å². The Kier molecular flexibility index (Phi) is 11.9. The second-order valence-electron chi connectivity index (χ2n) is 9.23. The normalized spacial score (nSPS) is 12.8. The zero-order chi connectivity index (χ0) is 28.3. The first-order chi connectivity index (χ1) is 18.0. The maximum atomic E-state index is 13.4. The van der Waals surface area contributed by atoms with Crippen molar-refractivity contribution in [3.63, 3.8) is 0 Å². The highest BCUT2D eigenvalue weighted by molar-refractivity contribution is 7.92. The molecule has 1 N–H and O–H groups in total. The number of rotatable bonds is 15. The van der Waals surface area contributed by atoms with Gasteiger partial charge in [0.25, 0.3) is 0 Å². The number of carbonyl (C=O) groups excluding carboxylic acids is 2. The van der Waals surface area contributed by atoms with Gasteiger partial charge in [-0.15, -0.1) is 0 Å². The van der Waals surface area contributed by atoms with Gasteiger partial charge in [0.05, 0.1) is 25.7 Å². The average Bonchev–Trinajstić information content (AvgIpc) is 2.89. The smallest absolute Gasteiger partial charge is 0.242 e. The van der Waals surface area contributed by atoms with Gasteiger partial charge >= 0.3 is 0 Å². The van der Waals surface area contributed by atoms with Crippen molar-refractivity contribution in [2.45, 2.75) is 65.6 Å². The van der Waals surface area contributed by atoms with Gasteiger partial charge in [0.2, 0.25) is 21.8 Å². The molecule has 0 bridgehead atoms. The molecule has 0 aliphatic rings. The van der Waals surface area contributed by atoms with E-state index in [1.165, 1.54) is 4.31 Å². The molecule has 0 saturated heterocycles. The Labute approximate surface area is 227 Å². The lowest BCUT2D eigenvalue weighted by atomic mass is 10.1. The third-order valence-electron chi connectivity index (χ3n) is 6.27. The quantitative estimate of drug-likeness (QED) is 0.362. The zero-order valence-corrected chi connectivity index (χ0v) is 24.1. The van der Waals surface area contributed by atoms with Gasteiger partial charge in [-0.2, -0.15) is 0 Å². The maximum Gasteiger partial charge on any atom is 0.242 e.